The molecular formula is C12H16N2O3. The second-order valence-corrected chi connectivity index (χ2v) is 4.01. The zero-order valence-corrected chi connectivity index (χ0v) is 9.52. The van der Waals surface area contributed by atoms with Gasteiger partial charge in [-0.15, -0.1) is 0 Å². The zero-order chi connectivity index (χ0) is 12.3. The van der Waals surface area contributed by atoms with Gasteiger partial charge in [-0.3, -0.25) is 4.79 Å². The van der Waals surface area contributed by atoms with Crippen LogP contribution in [0.2, 0.25) is 0 Å². The van der Waals surface area contributed by atoms with Crippen LogP contribution in [0.25, 0.3) is 0 Å². The average Bonchev–Trinajstić information content (AvgIpc) is 2.33. The van der Waals surface area contributed by atoms with E-state index in [1.807, 2.05) is 0 Å². The molecule has 17 heavy (non-hydrogen) atoms. The number of carbonyl (C=O) groups excluding carboxylic acids is 1. The van der Waals surface area contributed by atoms with Gasteiger partial charge in [-0.05, 0) is 12.1 Å². The van der Waals surface area contributed by atoms with E-state index in [2.05, 4.69) is 0 Å². The Labute approximate surface area is 99.7 Å². The molecule has 0 spiro atoms. The molecule has 0 aliphatic carbocycles. The maximum absolute atomic E-state index is 11.1. The van der Waals surface area contributed by atoms with Gasteiger partial charge in [-0.2, -0.15) is 0 Å². The lowest BCUT2D eigenvalue weighted by Crippen LogP contribution is -2.26. The van der Waals surface area contributed by atoms with Crippen molar-refractivity contribution in [1.82, 2.24) is 0 Å². The lowest BCUT2D eigenvalue weighted by atomic mass is 10.1. The molecule has 0 unspecified atom stereocenters. The lowest BCUT2D eigenvalue weighted by molar-refractivity contribution is 0.0258. The van der Waals surface area contributed by atoms with Crippen molar-refractivity contribution in [2.45, 2.75) is 18.9 Å². The number of hydrogen-bond acceptors (Lipinski definition) is 4. The van der Waals surface area contributed by atoms with Crippen LogP contribution in [0, 0.1) is 0 Å². The van der Waals surface area contributed by atoms with E-state index in [-0.39, 0.29) is 6.10 Å². The zero-order valence-electron chi connectivity index (χ0n) is 9.52. The molecule has 2 rings (SSSR count). The van der Waals surface area contributed by atoms with Gasteiger partial charge in [0, 0.05) is 12.8 Å². The van der Waals surface area contributed by atoms with Gasteiger partial charge < -0.3 is 20.9 Å². The van der Waals surface area contributed by atoms with E-state index in [0.717, 1.165) is 12.8 Å². The third-order valence-electron chi connectivity index (χ3n) is 2.79. The molecule has 5 nitrogen and oxygen atoms in total. The van der Waals surface area contributed by atoms with Crippen LogP contribution in [0.15, 0.2) is 18.2 Å². The standard InChI is InChI=1S/C12H16N2O3/c13-11-9(12(14)15)2-1-3-10(11)17-8-4-6-16-7-5-8/h1-3,8H,4-7,13H2,(H2,14,15). The number of para-hydroxylation sites is 1. The highest BCUT2D eigenvalue weighted by Crippen LogP contribution is 2.27. The summed E-state index contributed by atoms with van der Waals surface area (Å²) >= 11 is 0. The summed E-state index contributed by atoms with van der Waals surface area (Å²) in [7, 11) is 0. The first-order valence-electron chi connectivity index (χ1n) is 5.61. The number of anilines is 1. The second kappa shape index (κ2) is 5.05. The van der Waals surface area contributed by atoms with Gasteiger partial charge in [0.15, 0.2) is 0 Å². The summed E-state index contributed by atoms with van der Waals surface area (Å²) in [6.45, 7) is 1.39. The minimum Gasteiger partial charge on any atom is -0.488 e. The third-order valence-corrected chi connectivity index (χ3v) is 2.79. The minimum absolute atomic E-state index is 0.0918. The normalized spacial score (nSPS) is 16.7. The molecule has 1 amide bonds. The fraction of sp³-hybridized carbons (Fsp3) is 0.417. The van der Waals surface area contributed by atoms with Crippen LogP contribution in [0.5, 0.6) is 5.75 Å². The summed E-state index contributed by atoms with van der Waals surface area (Å²) in [6.07, 6.45) is 1.76. The van der Waals surface area contributed by atoms with E-state index in [1.165, 1.54) is 0 Å². The maximum atomic E-state index is 11.1. The molecule has 92 valence electrons. The molecule has 1 aliphatic rings. The van der Waals surface area contributed by atoms with Gasteiger partial charge in [0.05, 0.1) is 24.5 Å². The van der Waals surface area contributed by atoms with Crippen LogP contribution in [0.1, 0.15) is 23.2 Å². The van der Waals surface area contributed by atoms with Gasteiger partial charge >= 0.3 is 0 Å². The van der Waals surface area contributed by atoms with Gasteiger partial charge in [-0.25, -0.2) is 0 Å². The molecule has 0 aromatic heterocycles. The largest absolute Gasteiger partial charge is 0.488 e. The topological polar surface area (TPSA) is 87.6 Å². The SMILES string of the molecule is NC(=O)c1cccc(OC2CCOCC2)c1N. The van der Waals surface area contributed by atoms with Gasteiger partial charge in [0.2, 0.25) is 0 Å². The number of nitrogen functional groups attached to an aromatic ring is 1. The Bertz CT molecular complexity index is 414. The number of ether oxygens (including phenoxy) is 2. The van der Waals surface area contributed by atoms with Crippen LogP contribution < -0.4 is 16.2 Å². The summed E-state index contributed by atoms with van der Waals surface area (Å²) in [5, 5.41) is 0. The number of carbonyl (C=O) groups is 1. The Morgan fingerprint density at radius 1 is 1.35 bits per heavy atom. The van der Waals surface area contributed by atoms with E-state index in [9.17, 15) is 4.79 Å². The average molecular weight is 236 g/mol. The number of hydrogen-bond donors (Lipinski definition) is 2. The molecule has 0 bridgehead atoms. The number of amides is 1. The highest BCUT2D eigenvalue weighted by atomic mass is 16.5. The Morgan fingerprint density at radius 3 is 2.71 bits per heavy atom. The first-order valence-corrected chi connectivity index (χ1v) is 5.61. The molecule has 1 saturated heterocycles. The quantitative estimate of drug-likeness (QED) is 0.764. The van der Waals surface area contributed by atoms with E-state index in [0.29, 0.717) is 30.2 Å². The van der Waals surface area contributed by atoms with E-state index >= 15 is 0 Å². The summed E-state index contributed by atoms with van der Waals surface area (Å²) in [4.78, 5) is 11.1. The van der Waals surface area contributed by atoms with Crippen molar-refractivity contribution in [3.05, 3.63) is 23.8 Å². The fourth-order valence-electron chi connectivity index (χ4n) is 1.84. The Morgan fingerprint density at radius 2 is 2.06 bits per heavy atom. The molecule has 1 heterocycles. The molecule has 1 fully saturated rings. The predicted octanol–water partition coefficient (Wildman–Crippen LogP) is 0.925. The summed E-state index contributed by atoms with van der Waals surface area (Å²) in [5.74, 6) is -0.0203. The fourth-order valence-corrected chi connectivity index (χ4v) is 1.84. The van der Waals surface area contributed by atoms with E-state index in [4.69, 9.17) is 20.9 Å². The summed E-state index contributed by atoms with van der Waals surface area (Å²) in [5.41, 5.74) is 11.7. The van der Waals surface area contributed by atoms with E-state index < -0.39 is 5.91 Å². The molecule has 1 aliphatic heterocycles. The monoisotopic (exact) mass is 236 g/mol. The van der Waals surface area contributed by atoms with Gasteiger partial charge in [-0.1, -0.05) is 6.07 Å². The first-order chi connectivity index (χ1) is 8.18. The molecule has 4 N–H and O–H groups in total. The lowest BCUT2D eigenvalue weighted by Gasteiger charge is -2.24. The van der Waals surface area contributed by atoms with Crippen LogP contribution in [0.4, 0.5) is 5.69 Å². The van der Waals surface area contributed by atoms with Crippen molar-refractivity contribution in [3.63, 3.8) is 0 Å². The Hall–Kier alpha value is -1.75. The second-order valence-electron chi connectivity index (χ2n) is 4.01. The minimum atomic E-state index is -0.542. The molecular weight excluding hydrogens is 220 g/mol. The van der Waals surface area contributed by atoms with Crippen molar-refractivity contribution in [1.29, 1.82) is 0 Å². The number of rotatable bonds is 3. The van der Waals surface area contributed by atoms with Crippen LogP contribution in [0.3, 0.4) is 0 Å². The smallest absolute Gasteiger partial charge is 0.250 e. The van der Waals surface area contributed by atoms with Gasteiger partial charge in [0.25, 0.3) is 5.91 Å². The Balaban J connectivity index is 2.15. The highest BCUT2D eigenvalue weighted by Gasteiger charge is 2.18. The number of benzene rings is 1. The molecule has 0 radical (unpaired) electrons. The van der Waals surface area contributed by atoms with Crippen molar-refractivity contribution in [2.75, 3.05) is 18.9 Å². The summed E-state index contributed by atoms with van der Waals surface area (Å²) in [6, 6.07) is 5.05. The van der Waals surface area contributed by atoms with Crippen LogP contribution >= 0.6 is 0 Å². The predicted molar refractivity (Wildman–Crippen MR) is 63.8 cm³/mol. The number of nitrogens with two attached hydrogens (primary N) is 2. The van der Waals surface area contributed by atoms with Crippen molar-refractivity contribution < 1.29 is 14.3 Å². The first kappa shape index (κ1) is 11.7. The third kappa shape index (κ3) is 2.68. The van der Waals surface area contributed by atoms with Crippen molar-refractivity contribution in [2.24, 2.45) is 5.73 Å². The van der Waals surface area contributed by atoms with Crippen LogP contribution in [-0.4, -0.2) is 25.2 Å². The molecule has 1 aromatic rings. The van der Waals surface area contributed by atoms with Gasteiger partial charge in [0.1, 0.15) is 11.9 Å². The number of primary amides is 1. The van der Waals surface area contributed by atoms with Crippen molar-refractivity contribution >= 4 is 11.6 Å². The highest BCUT2D eigenvalue weighted by molar-refractivity contribution is 5.99. The molecule has 1 aromatic carbocycles. The summed E-state index contributed by atoms with van der Waals surface area (Å²) < 4.78 is 11.0. The molecule has 0 saturated carbocycles. The van der Waals surface area contributed by atoms with E-state index in [1.54, 1.807) is 18.2 Å². The van der Waals surface area contributed by atoms with Crippen molar-refractivity contribution in [3.8, 4) is 5.75 Å². The molecule has 5 heteroatoms. The maximum Gasteiger partial charge on any atom is 0.250 e. The molecule has 0 atom stereocenters. The Kier molecular flexibility index (Phi) is 3.49. The van der Waals surface area contributed by atoms with Crippen LogP contribution in [-0.2, 0) is 4.74 Å².